The molecule has 38 heavy (non-hydrogen) atoms. The average Bonchev–Trinajstić information content (AvgIpc) is 3.33. The van der Waals surface area contributed by atoms with Crippen molar-refractivity contribution in [3.63, 3.8) is 0 Å². The van der Waals surface area contributed by atoms with Crippen LogP contribution in [0.1, 0.15) is 11.1 Å². The first-order valence-corrected chi connectivity index (χ1v) is 12.9. The lowest BCUT2D eigenvalue weighted by Crippen LogP contribution is -2.36. The predicted molar refractivity (Wildman–Crippen MR) is 159 cm³/mol. The highest BCUT2D eigenvalue weighted by atomic mass is 35.5. The molecule has 4 nitrogen and oxygen atoms in total. The molecular weight excluding hydrogens is 488 g/mol. The van der Waals surface area contributed by atoms with Gasteiger partial charge in [0.1, 0.15) is 0 Å². The molecule has 5 aromatic carbocycles. The van der Waals surface area contributed by atoms with Gasteiger partial charge < -0.3 is 4.57 Å². The summed E-state index contributed by atoms with van der Waals surface area (Å²) in [6.07, 6.45) is 2.09. The van der Waals surface area contributed by atoms with Crippen LogP contribution in [0.4, 0.5) is 5.69 Å². The summed E-state index contributed by atoms with van der Waals surface area (Å²) in [5.74, 6) is 0. The maximum absolute atomic E-state index is 6.64. The van der Waals surface area contributed by atoms with E-state index in [1.165, 1.54) is 0 Å². The van der Waals surface area contributed by atoms with Crippen LogP contribution in [0.25, 0.3) is 33.2 Å². The molecule has 0 radical (unpaired) electrons. The van der Waals surface area contributed by atoms with Gasteiger partial charge in [-0.05, 0) is 54.1 Å². The van der Waals surface area contributed by atoms with Gasteiger partial charge in [0.25, 0.3) is 0 Å². The highest BCUT2D eigenvalue weighted by Gasteiger charge is 2.18. The molecule has 0 atom stereocenters. The lowest BCUT2D eigenvalue weighted by Gasteiger charge is -2.28. The number of fused-ring (bicyclic) bond motifs is 3. The largest absolute Gasteiger partial charge is 0.309 e. The van der Waals surface area contributed by atoms with Crippen LogP contribution >= 0.6 is 11.6 Å². The van der Waals surface area contributed by atoms with Gasteiger partial charge in [-0.15, -0.1) is 0 Å². The fourth-order valence-electron chi connectivity index (χ4n) is 5.08. The van der Waals surface area contributed by atoms with Gasteiger partial charge in [0, 0.05) is 22.0 Å². The molecule has 0 spiro atoms. The first kappa shape index (κ1) is 22.4. The Morgan fingerprint density at radius 3 is 1.97 bits per heavy atom. The van der Waals surface area contributed by atoms with Crippen molar-refractivity contribution in [2.45, 2.75) is 0 Å². The molecular formula is C33H23ClN4. The zero-order valence-corrected chi connectivity index (χ0v) is 21.2. The number of allylic oxidation sites excluding steroid dienone is 1. The zero-order valence-electron chi connectivity index (χ0n) is 20.4. The van der Waals surface area contributed by atoms with Gasteiger partial charge in [0.05, 0.1) is 33.2 Å². The first-order chi connectivity index (χ1) is 18.8. The third-order valence-electron chi connectivity index (χ3n) is 6.87. The molecule has 1 aliphatic heterocycles. The molecule has 1 aliphatic rings. The topological polar surface area (TPSA) is 32.6 Å². The number of nitrogens with zero attached hydrogens (tertiary/aromatic N) is 3. The standard InChI is InChI=1S/C33H23ClN4/c34-28-15-9-17-32-33(28)27-14-7-8-16-31(27)37(32)25-18-20-26(21-19-25)38-35-29(23-10-3-1-4-11-23)22-30(36-38)24-12-5-2-6-13-24/h1-22,35H. The lowest BCUT2D eigenvalue weighted by atomic mass is 10.1. The van der Waals surface area contributed by atoms with Crippen molar-refractivity contribution in [2.75, 3.05) is 5.12 Å². The minimum atomic E-state index is 0.759. The second-order valence-corrected chi connectivity index (χ2v) is 9.61. The van der Waals surface area contributed by atoms with Gasteiger partial charge in [-0.2, -0.15) is 10.2 Å². The fraction of sp³-hybridized carbons (Fsp3) is 0. The molecule has 0 saturated heterocycles. The van der Waals surface area contributed by atoms with Gasteiger partial charge in [-0.3, -0.25) is 5.43 Å². The minimum Gasteiger partial charge on any atom is -0.309 e. The summed E-state index contributed by atoms with van der Waals surface area (Å²) in [6.45, 7) is 0. The van der Waals surface area contributed by atoms with Crippen LogP contribution in [-0.2, 0) is 0 Å². The summed E-state index contributed by atoms with van der Waals surface area (Å²) >= 11 is 6.64. The van der Waals surface area contributed by atoms with Gasteiger partial charge in [0.15, 0.2) is 0 Å². The number of halogens is 1. The monoisotopic (exact) mass is 510 g/mol. The number of para-hydroxylation sites is 1. The van der Waals surface area contributed by atoms with Crippen LogP contribution in [0.2, 0.25) is 5.02 Å². The summed E-state index contributed by atoms with van der Waals surface area (Å²) < 4.78 is 2.26. The Labute approximate surface area is 225 Å². The number of aromatic nitrogens is 1. The Morgan fingerprint density at radius 2 is 1.21 bits per heavy atom. The first-order valence-electron chi connectivity index (χ1n) is 12.5. The van der Waals surface area contributed by atoms with Crippen LogP contribution in [0, 0.1) is 0 Å². The molecule has 2 heterocycles. The average molecular weight is 511 g/mol. The summed E-state index contributed by atoms with van der Waals surface area (Å²) in [4.78, 5) is 0. The van der Waals surface area contributed by atoms with Crippen molar-refractivity contribution >= 4 is 50.5 Å². The Bertz CT molecular complexity index is 1840. The maximum atomic E-state index is 6.64. The SMILES string of the molecule is Clc1cccc2c1c1ccccc1n2-c1ccc(N2N=C(c3ccccc3)C=C(c3ccccc3)N2)cc1. The highest BCUT2D eigenvalue weighted by Crippen LogP contribution is 2.36. The predicted octanol–water partition coefficient (Wildman–Crippen LogP) is 8.21. The van der Waals surface area contributed by atoms with E-state index in [1.54, 1.807) is 0 Å². The molecule has 0 aliphatic carbocycles. The fourth-order valence-corrected chi connectivity index (χ4v) is 5.35. The van der Waals surface area contributed by atoms with Crippen LogP contribution in [0.3, 0.4) is 0 Å². The van der Waals surface area contributed by atoms with E-state index < -0.39 is 0 Å². The summed E-state index contributed by atoms with van der Waals surface area (Å²) in [5, 5.41) is 9.76. The van der Waals surface area contributed by atoms with Gasteiger partial charge in [0.2, 0.25) is 0 Å². The van der Waals surface area contributed by atoms with E-state index in [-0.39, 0.29) is 0 Å². The van der Waals surface area contributed by atoms with Gasteiger partial charge >= 0.3 is 0 Å². The van der Waals surface area contributed by atoms with Crippen molar-refractivity contribution in [2.24, 2.45) is 5.10 Å². The second-order valence-electron chi connectivity index (χ2n) is 9.20. The van der Waals surface area contributed by atoms with Crippen molar-refractivity contribution < 1.29 is 0 Å². The van der Waals surface area contributed by atoms with Crippen molar-refractivity contribution in [3.05, 3.63) is 150 Å². The number of hydrazone groups is 1. The Kier molecular flexibility index (Phi) is 5.46. The number of nitrogens with one attached hydrogen (secondary N) is 1. The van der Waals surface area contributed by atoms with Gasteiger partial charge in [-0.25, -0.2) is 0 Å². The smallest absolute Gasteiger partial charge is 0.0949 e. The van der Waals surface area contributed by atoms with E-state index in [0.29, 0.717) is 0 Å². The molecule has 0 bridgehead atoms. The molecule has 0 saturated carbocycles. The van der Waals surface area contributed by atoms with Crippen LogP contribution in [0.15, 0.2) is 139 Å². The molecule has 6 aromatic rings. The van der Waals surface area contributed by atoms with Crippen molar-refractivity contribution in [1.82, 2.24) is 9.99 Å². The Morgan fingerprint density at radius 1 is 0.579 bits per heavy atom. The third kappa shape index (κ3) is 3.83. The summed E-state index contributed by atoms with van der Waals surface area (Å²) in [5.41, 5.74) is 11.7. The van der Waals surface area contributed by atoms with E-state index in [9.17, 15) is 0 Å². The summed E-state index contributed by atoms with van der Waals surface area (Å²) in [7, 11) is 0. The molecule has 1 N–H and O–H groups in total. The van der Waals surface area contributed by atoms with Gasteiger partial charge in [-0.1, -0.05) is 96.5 Å². The van der Waals surface area contributed by atoms with E-state index in [0.717, 1.165) is 60.7 Å². The number of benzene rings is 5. The van der Waals surface area contributed by atoms with Crippen molar-refractivity contribution in [1.29, 1.82) is 0 Å². The summed E-state index contributed by atoms with van der Waals surface area (Å²) in [6, 6.07) is 43.5. The second kappa shape index (κ2) is 9.25. The Hall–Kier alpha value is -4.80. The Balaban J connectivity index is 1.31. The third-order valence-corrected chi connectivity index (χ3v) is 7.18. The molecule has 0 fully saturated rings. The highest BCUT2D eigenvalue weighted by molar-refractivity contribution is 6.38. The minimum absolute atomic E-state index is 0.759. The molecule has 0 amide bonds. The number of anilines is 1. The van der Waals surface area contributed by atoms with E-state index in [2.05, 4.69) is 94.9 Å². The quantitative estimate of drug-likeness (QED) is 0.259. The van der Waals surface area contributed by atoms with E-state index >= 15 is 0 Å². The lowest BCUT2D eigenvalue weighted by molar-refractivity contribution is 0.787. The maximum Gasteiger partial charge on any atom is 0.0949 e. The normalized spacial score (nSPS) is 13.3. The van der Waals surface area contributed by atoms with Crippen LogP contribution < -0.4 is 10.5 Å². The van der Waals surface area contributed by atoms with Crippen molar-refractivity contribution in [3.8, 4) is 5.69 Å². The molecule has 0 unspecified atom stereocenters. The van der Waals surface area contributed by atoms with E-state index in [4.69, 9.17) is 16.7 Å². The molecule has 7 rings (SSSR count). The number of hydrogen-bond acceptors (Lipinski definition) is 3. The van der Waals surface area contributed by atoms with Crippen LogP contribution in [-0.4, -0.2) is 10.3 Å². The molecule has 5 heteroatoms. The molecule has 182 valence electrons. The van der Waals surface area contributed by atoms with E-state index in [1.807, 2.05) is 53.6 Å². The molecule has 1 aromatic heterocycles. The number of hydrazine groups is 1. The van der Waals surface area contributed by atoms with Crippen LogP contribution in [0.5, 0.6) is 0 Å². The number of rotatable bonds is 4. The zero-order chi connectivity index (χ0) is 25.5. The number of hydrogen-bond donors (Lipinski definition) is 1.